The van der Waals surface area contributed by atoms with E-state index in [1.54, 1.807) is 0 Å². The fourth-order valence-corrected chi connectivity index (χ4v) is 1.46. The van der Waals surface area contributed by atoms with Crippen LogP contribution in [0, 0.1) is 6.92 Å². The molecule has 0 saturated carbocycles. The van der Waals surface area contributed by atoms with Gasteiger partial charge in [-0.25, -0.2) is 4.98 Å². The zero-order valence-electron chi connectivity index (χ0n) is 9.42. The van der Waals surface area contributed by atoms with Crippen LogP contribution in [-0.4, -0.2) is 9.55 Å². The summed E-state index contributed by atoms with van der Waals surface area (Å²) in [4.78, 5) is 4.29. The predicted molar refractivity (Wildman–Crippen MR) is 62.4 cm³/mol. The van der Waals surface area contributed by atoms with Crippen molar-refractivity contribution < 1.29 is 4.74 Å². The lowest BCUT2D eigenvalue weighted by atomic mass is 10.3. The molecule has 2 N–H and O–H groups in total. The van der Waals surface area contributed by atoms with E-state index in [1.807, 2.05) is 54.9 Å². The second-order valence-corrected chi connectivity index (χ2v) is 3.73. The summed E-state index contributed by atoms with van der Waals surface area (Å²) in [5.74, 6) is 0.759. The summed E-state index contributed by atoms with van der Waals surface area (Å²) in [6.45, 7) is 3.80. The monoisotopic (exact) mass is 217 g/mol. The van der Waals surface area contributed by atoms with Crippen LogP contribution >= 0.6 is 0 Å². The van der Waals surface area contributed by atoms with Crippen molar-refractivity contribution in [3.8, 4) is 11.8 Å². The van der Waals surface area contributed by atoms with Crippen LogP contribution in [0.3, 0.4) is 0 Å². The Kier molecular flexibility index (Phi) is 2.92. The number of hydrogen-bond donors (Lipinski definition) is 1. The van der Waals surface area contributed by atoms with Gasteiger partial charge in [0.25, 0.3) is 0 Å². The Bertz CT molecular complexity index is 462. The molecule has 1 atom stereocenters. The number of rotatable bonds is 3. The topological polar surface area (TPSA) is 53.1 Å². The molecule has 0 aliphatic heterocycles. The van der Waals surface area contributed by atoms with Crippen molar-refractivity contribution in [1.29, 1.82) is 0 Å². The van der Waals surface area contributed by atoms with Gasteiger partial charge >= 0.3 is 6.01 Å². The number of aryl methyl sites for hydroxylation is 1. The number of nitrogens with zero attached hydrogens (tertiary/aromatic N) is 2. The fraction of sp³-hybridized carbons (Fsp3) is 0.250. The number of benzene rings is 1. The van der Waals surface area contributed by atoms with E-state index in [0.29, 0.717) is 6.01 Å². The Morgan fingerprint density at radius 2 is 2.00 bits per heavy atom. The van der Waals surface area contributed by atoms with Crippen LogP contribution in [0.4, 0.5) is 0 Å². The molecule has 0 saturated heterocycles. The van der Waals surface area contributed by atoms with Crippen molar-refractivity contribution in [2.45, 2.75) is 20.0 Å². The molecule has 0 amide bonds. The van der Waals surface area contributed by atoms with Gasteiger partial charge in [0.15, 0.2) is 0 Å². The summed E-state index contributed by atoms with van der Waals surface area (Å²) >= 11 is 0. The Morgan fingerprint density at radius 3 is 2.62 bits per heavy atom. The number of ether oxygens (including phenoxy) is 1. The van der Waals surface area contributed by atoms with Gasteiger partial charge in [0.2, 0.25) is 0 Å². The quantitative estimate of drug-likeness (QED) is 0.859. The third kappa shape index (κ3) is 2.23. The summed E-state index contributed by atoms with van der Waals surface area (Å²) in [5.41, 5.74) is 6.72. The largest absolute Gasteiger partial charge is 0.425 e. The lowest BCUT2D eigenvalue weighted by molar-refractivity contribution is 0.390. The molecule has 0 bridgehead atoms. The lowest BCUT2D eigenvalue weighted by Crippen LogP contribution is -2.14. The number of para-hydroxylation sites is 1. The summed E-state index contributed by atoms with van der Waals surface area (Å²) in [6.07, 6.45) is 1.73. The van der Waals surface area contributed by atoms with Crippen molar-refractivity contribution in [2.75, 3.05) is 0 Å². The van der Waals surface area contributed by atoms with E-state index in [2.05, 4.69) is 4.98 Å². The molecule has 0 aliphatic carbocycles. The Labute approximate surface area is 94.7 Å². The van der Waals surface area contributed by atoms with Crippen LogP contribution < -0.4 is 10.5 Å². The first-order valence-electron chi connectivity index (χ1n) is 5.21. The van der Waals surface area contributed by atoms with E-state index in [9.17, 15) is 0 Å². The zero-order chi connectivity index (χ0) is 11.5. The second kappa shape index (κ2) is 4.37. The van der Waals surface area contributed by atoms with Gasteiger partial charge in [0, 0.05) is 6.20 Å². The van der Waals surface area contributed by atoms with E-state index in [1.165, 1.54) is 0 Å². The van der Waals surface area contributed by atoms with Crippen LogP contribution in [0.1, 0.15) is 18.8 Å². The zero-order valence-corrected chi connectivity index (χ0v) is 9.42. The second-order valence-electron chi connectivity index (χ2n) is 3.73. The van der Waals surface area contributed by atoms with Crippen LogP contribution in [0.25, 0.3) is 0 Å². The first-order valence-corrected chi connectivity index (χ1v) is 5.21. The molecule has 4 nitrogen and oxygen atoms in total. The maximum Gasteiger partial charge on any atom is 0.303 e. The van der Waals surface area contributed by atoms with Gasteiger partial charge in [-0.05, 0) is 26.0 Å². The minimum Gasteiger partial charge on any atom is -0.425 e. The Balaban J connectivity index is 2.28. The highest BCUT2D eigenvalue weighted by Crippen LogP contribution is 2.22. The highest BCUT2D eigenvalue weighted by molar-refractivity contribution is 5.25. The summed E-state index contributed by atoms with van der Waals surface area (Å²) in [7, 11) is 0. The Morgan fingerprint density at radius 1 is 1.31 bits per heavy atom. The molecule has 0 aliphatic rings. The Hall–Kier alpha value is -1.81. The van der Waals surface area contributed by atoms with E-state index >= 15 is 0 Å². The normalized spacial score (nSPS) is 12.4. The van der Waals surface area contributed by atoms with Crippen molar-refractivity contribution in [2.24, 2.45) is 5.73 Å². The van der Waals surface area contributed by atoms with Gasteiger partial charge in [-0.3, -0.25) is 4.57 Å². The average molecular weight is 217 g/mol. The van der Waals surface area contributed by atoms with Crippen molar-refractivity contribution >= 4 is 0 Å². The molecule has 2 aromatic rings. The predicted octanol–water partition coefficient (Wildman–Crippen LogP) is 2.46. The highest BCUT2D eigenvalue weighted by Gasteiger charge is 2.10. The summed E-state index contributed by atoms with van der Waals surface area (Å²) in [6, 6.07) is 10.1. The molecule has 1 heterocycles. The molecular weight excluding hydrogens is 202 g/mol. The molecule has 1 aromatic heterocycles. The maximum atomic E-state index is 5.82. The molecule has 0 radical (unpaired) electrons. The minimum absolute atomic E-state index is 0.153. The SMILES string of the molecule is Cc1cn(C(C)N)c(Oc2ccccc2)n1. The van der Waals surface area contributed by atoms with Gasteiger partial charge in [-0.2, -0.15) is 0 Å². The summed E-state index contributed by atoms with van der Waals surface area (Å²) < 4.78 is 7.47. The van der Waals surface area contributed by atoms with E-state index in [0.717, 1.165) is 11.4 Å². The first-order chi connectivity index (χ1) is 7.66. The van der Waals surface area contributed by atoms with Crippen molar-refractivity contribution in [3.05, 3.63) is 42.2 Å². The number of aromatic nitrogens is 2. The third-order valence-corrected chi connectivity index (χ3v) is 2.21. The number of nitrogens with two attached hydrogens (primary N) is 1. The fourth-order valence-electron chi connectivity index (χ4n) is 1.46. The van der Waals surface area contributed by atoms with Crippen LogP contribution in [0.2, 0.25) is 0 Å². The first kappa shape index (κ1) is 10.7. The molecule has 16 heavy (non-hydrogen) atoms. The number of imidazole rings is 1. The van der Waals surface area contributed by atoms with Crippen LogP contribution in [0.5, 0.6) is 11.8 Å². The van der Waals surface area contributed by atoms with E-state index < -0.39 is 0 Å². The van der Waals surface area contributed by atoms with E-state index in [-0.39, 0.29) is 6.17 Å². The van der Waals surface area contributed by atoms with Gasteiger partial charge < -0.3 is 10.5 Å². The minimum atomic E-state index is -0.153. The third-order valence-electron chi connectivity index (χ3n) is 2.21. The number of hydrogen-bond acceptors (Lipinski definition) is 3. The van der Waals surface area contributed by atoms with Crippen molar-refractivity contribution in [3.63, 3.8) is 0 Å². The highest BCUT2D eigenvalue weighted by atomic mass is 16.5. The molecule has 1 unspecified atom stereocenters. The van der Waals surface area contributed by atoms with Crippen molar-refractivity contribution in [1.82, 2.24) is 9.55 Å². The van der Waals surface area contributed by atoms with Gasteiger partial charge in [-0.15, -0.1) is 0 Å². The molecule has 4 heteroatoms. The molecule has 1 aromatic carbocycles. The van der Waals surface area contributed by atoms with Gasteiger partial charge in [0.1, 0.15) is 5.75 Å². The molecular formula is C12H15N3O. The van der Waals surface area contributed by atoms with Crippen LogP contribution in [-0.2, 0) is 0 Å². The smallest absolute Gasteiger partial charge is 0.303 e. The summed E-state index contributed by atoms with van der Waals surface area (Å²) in [5, 5.41) is 0. The molecule has 84 valence electrons. The maximum absolute atomic E-state index is 5.82. The molecule has 0 spiro atoms. The lowest BCUT2D eigenvalue weighted by Gasteiger charge is -2.11. The standard InChI is InChI=1S/C12H15N3O/c1-9-8-15(10(2)13)12(14-9)16-11-6-4-3-5-7-11/h3-8,10H,13H2,1-2H3. The van der Waals surface area contributed by atoms with E-state index in [4.69, 9.17) is 10.5 Å². The average Bonchev–Trinajstić information content (AvgIpc) is 2.61. The van der Waals surface area contributed by atoms with Crippen LogP contribution in [0.15, 0.2) is 36.5 Å². The molecule has 0 fully saturated rings. The van der Waals surface area contributed by atoms with Gasteiger partial charge in [-0.1, -0.05) is 18.2 Å². The molecule has 2 rings (SSSR count). The van der Waals surface area contributed by atoms with Gasteiger partial charge in [0.05, 0.1) is 11.9 Å².